The lowest BCUT2D eigenvalue weighted by Crippen LogP contribution is -2.39. The molecule has 1 aliphatic carbocycles. The van der Waals surface area contributed by atoms with Gasteiger partial charge in [0, 0.05) is 13.1 Å². The van der Waals surface area contributed by atoms with E-state index >= 15 is 0 Å². The maximum atomic E-state index is 8.97. The van der Waals surface area contributed by atoms with Crippen LogP contribution in [-0.4, -0.2) is 31.8 Å². The summed E-state index contributed by atoms with van der Waals surface area (Å²) in [6, 6.07) is 9.73. The molecule has 0 atom stereocenters. The second-order valence-electron chi connectivity index (χ2n) is 6.42. The maximum Gasteiger partial charge on any atom is 0.191 e. The summed E-state index contributed by atoms with van der Waals surface area (Å²) in [5.74, 6) is 0.786. The number of halogens is 1. The molecule has 0 bridgehead atoms. The highest BCUT2D eigenvalue weighted by atomic mass is 127. The van der Waals surface area contributed by atoms with Crippen molar-refractivity contribution in [1.29, 1.82) is 5.26 Å². The molecular formula is C20H31IN4O. The van der Waals surface area contributed by atoms with Crippen LogP contribution >= 0.6 is 24.0 Å². The predicted molar refractivity (Wildman–Crippen MR) is 117 cm³/mol. The number of hydrogen-bond acceptors (Lipinski definition) is 3. The average molecular weight is 470 g/mol. The van der Waals surface area contributed by atoms with Crippen molar-refractivity contribution in [2.24, 2.45) is 4.99 Å². The van der Waals surface area contributed by atoms with E-state index in [1.165, 1.54) is 38.5 Å². The number of benzene rings is 1. The second kappa shape index (κ2) is 13.8. The van der Waals surface area contributed by atoms with Crippen LogP contribution in [0.2, 0.25) is 0 Å². The van der Waals surface area contributed by atoms with Gasteiger partial charge in [0.1, 0.15) is 0 Å². The zero-order chi connectivity index (χ0) is 17.7. The van der Waals surface area contributed by atoms with Crippen molar-refractivity contribution in [1.82, 2.24) is 10.6 Å². The molecule has 5 nitrogen and oxygen atoms in total. The van der Waals surface area contributed by atoms with Gasteiger partial charge in [-0.15, -0.1) is 24.0 Å². The fourth-order valence-corrected chi connectivity index (χ4v) is 3.05. The summed E-state index contributed by atoms with van der Waals surface area (Å²) in [5.41, 5.74) is 1.70. The number of aliphatic imine (C=N–C) groups is 1. The number of nitriles is 1. The molecule has 0 saturated heterocycles. The van der Waals surface area contributed by atoms with Crippen LogP contribution in [0.25, 0.3) is 0 Å². The lowest BCUT2D eigenvalue weighted by molar-refractivity contribution is 0.0468. The number of nitrogens with zero attached hydrogens (tertiary/aromatic N) is 2. The first kappa shape index (κ1) is 22.7. The van der Waals surface area contributed by atoms with E-state index < -0.39 is 0 Å². The molecule has 2 N–H and O–H groups in total. The minimum absolute atomic E-state index is 0. The molecule has 0 heterocycles. The number of hydrogen-bond donors (Lipinski definition) is 2. The topological polar surface area (TPSA) is 69.4 Å². The van der Waals surface area contributed by atoms with Gasteiger partial charge in [-0.2, -0.15) is 5.26 Å². The Hall–Kier alpha value is -1.33. The molecular weight excluding hydrogens is 439 g/mol. The molecule has 1 saturated carbocycles. The third-order valence-corrected chi connectivity index (χ3v) is 4.37. The van der Waals surface area contributed by atoms with Gasteiger partial charge in [0.2, 0.25) is 0 Å². The van der Waals surface area contributed by atoms with Gasteiger partial charge in [-0.25, -0.2) is 4.99 Å². The summed E-state index contributed by atoms with van der Waals surface area (Å²) < 4.78 is 6.00. The molecule has 1 aromatic carbocycles. The van der Waals surface area contributed by atoms with Gasteiger partial charge in [0.05, 0.1) is 30.9 Å². The minimum atomic E-state index is 0. The SMILES string of the molecule is CCNC(=NCc1cccc(C#N)c1)NCCOC1CCCCCC1.I. The predicted octanol–water partition coefficient (Wildman–Crippen LogP) is 3.97. The molecule has 2 rings (SSSR count). The standard InChI is InChI=1S/C20H30N4O.HI/c1-2-22-20(24-16-18-9-7-8-17(14-18)15-21)23-12-13-25-19-10-5-3-4-6-11-19;/h7-9,14,19H,2-6,10-13,16H2,1H3,(H2,22,23,24);1H. The van der Waals surface area contributed by atoms with Gasteiger partial charge >= 0.3 is 0 Å². The van der Waals surface area contributed by atoms with Gasteiger partial charge < -0.3 is 15.4 Å². The van der Waals surface area contributed by atoms with Gasteiger partial charge in [-0.1, -0.05) is 37.8 Å². The number of guanidine groups is 1. The quantitative estimate of drug-likeness (QED) is 0.208. The summed E-state index contributed by atoms with van der Waals surface area (Å²) in [5, 5.41) is 15.5. The van der Waals surface area contributed by atoms with E-state index in [0.29, 0.717) is 24.8 Å². The van der Waals surface area contributed by atoms with Crippen LogP contribution in [0.15, 0.2) is 29.3 Å². The monoisotopic (exact) mass is 470 g/mol. The molecule has 26 heavy (non-hydrogen) atoms. The first-order valence-electron chi connectivity index (χ1n) is 9.44. The van der Waals surface area contributed by atoms with E-state index in [1.54, 1.807) is 0 Å². The molecule has 0 spiro atoms. The third-order valence-electron chi connectivity index (χ3n) is 4.37. The minimum Gasteiger partial charge on any atom is -0.376 e. The number of rotatable bonds is 7. The third kappa shape index (κ3) is 8.86. The van der Waals surface area contributed by atoms with Crippen molar-refractivity contribution < 1.29 is 4.74 Å². The van der Waals surface area contributed by atoms with Crippen molar-refractivity contribution in [2.75, 3.05) is 19.7 Å². The highest BCUT2D eigenvalue weighted by Crippen LogP contribution is 2.19. The lowest BCUT2D eigenvalue weighted by Gasteiger charge is -2.16. The van der Waals surface area contributed by atoms with Crippen LogP contribution in [0.3, 0.4) is 0 Å². The van der Waals surface area contributed by atoms with E-state index in [1.807, 2.05) is 24.3 Å². The molecule has 0 aromatic heterocycles. The van der Waals surface area contributed by atoms with Gasteiger partial charge in [0.15, 0.2) is 5.96 Å². The second-order valence-corrected chi connectivity index (χ2v) is 6.42. The molecule has 1 aromatic rings. The Kier molecular flexibility index (Phi) is 12.1. The summed E-state index contributed by atoms with van der Waals surface area (Å²) >= 11 is 0. The van der Waals surface area contributed by atoms with Crippen LogP contribution in [0, 0.1) is 11.3 Å². The molecule has 0 unspecified atom stereocenters. The van der Waals surface area contributed by atoms with Gasteiger partial charge in [0.25, 0.3) is 0 Å². The Balaban J connectivity index is 0.00000338. The average Bonchev–Trinajstić information content (AvgIpc) is 2.92. The lowest BCUT2D eigenvalue weighted by atomic mass is 10.1. The smallest absolute Gasteiger partial charge is 0.191 e. The van der Waals surface area contributed by atoms with E-state index in [0.717, 1.165) is 24.6 Å². The van der Waals surface area contributed by atoms with E-state index in [9.17, 15) is 0 Å². The van der Waals surface area contributed by atoms with Crippen LogP contribution < -0.4 is 10.6 Å². The summed E-state index contributed by atoms with van der Waals surface area (Å²) in [7, 11) is 0. The first-order valence-corrected chi connectivity index (χ1v) is 9.44. The van der Waals surface area contributed by atoms with Crippen molar-refractivity contribution >= 4 is 29.9 Å². The largest absolute Gasteiger partial charge is 0.376 e. The van der Waals surface area contributed by atoms with E-state index in [2.05, 4.69) is 28.6 Å². The maximum absolute atomic E-state index is 8.97. The Morgan fingerprint density at radius 3 is 2.69 bits per heavy atom. The number of ether oxygens (including phenoxy) is 1. The van der Waals surface area contributed by atoms with Crippen LogP contribution in [-0.2, 0) is 11.3 Å². The molecule has 6 heteroatoms. The van der Waals surface area contributed by atoms with Crippen LogP contribution in [0.1, 0.15) is 56.6 Å². The summed E-state index contributed by atoms with van der Waals surface area (Å²) in [6.07, 6.45) is 8.11. The van der Waals surface area contributed by atoms with Crippen LogP contribution in [0.4, 0.5) is 0 Å². The molecule has 0 amide bonds. The number of nitrogens with one attached hydrogen (secondary N) is 2. The van der Waals surface area contributed by atoms with Crippen molar-refractivity contribution in [3.05, 3.63) is 35.4 Å². The Bertz CT molecular complexity index is 577. The van der Waals surface area contributed by atoms with Crippen molar-refractivity contribution in [3.8, 4) is 6.07 Å². The Labute approximate surface area is 174 Å². The highest BCUT2D eigenvalue weighted by Gasteiger charge is 2.12. The van der Waals surface area contributed by atoms with Crippen molar-refractivity contribution in [3.63, 3.8) is 0 Å². The van der Waals surface area contributed by atoms with Crippen molar-refractivity contribution in [2.45, 2.75) is 58.1 Å². The molecule has 1 aliphatic rings. The fourth-order valence-electron chi connectivity index (χ4n) is 3.05. The fraction of sp³-hybridized carbons (Fsp3) is 0.600. The van der Waals surface area contributed by atoms with Gasteiger partial charge in [-0.05, 0) is 37.5 Å². The highest BCUT2D eigenvalue weighted by molar-refractivity contribution is 14.0. The Morgan fingerprint density at radius 2 is 2.00 bits per heavy atom. The molecule has 144 valence electrons. The first-order chi connectivity index (χ1) is 12.3. The zero-order valence-electron chi connectivity index (χ0n) is 15.7. The molecule has 0 radical (unpaired) electrons. The molecule has 1 fully saturated rings. The van der Waals surface area contributed by atoms with E-state index in [-0.39, 0.29) is 24.0 Å². The zero-order valence-corrected chi connectivity index (χ0v) is 18.0. The van der Waals surface area contributed by atoms with Gasteiger partial charge in [-0.3, -0.25) is 0 Å². The Morgan fingerprint density at radius 1 is 1.23 bits per heavy atom. The van der Waals surface area contributed by atoms with E-state index in [4.69, 9.17) is 10.00 Å². The van der Waals surface area contributed by atoms with Crippen LogP contribution in [0.5, 0.6) is 0 Å². The molecule has 0 aliphatic heterocycles. The summed E-state index contributed by atoms with van der Waals surface area (Å²) in [4.78, 5) is 4.59. The normalized spacial score (nSPS) is 15.5. The summed E-state index contributed by atoms with van der Waals surface area (Å²) in [6.45, 7) is 4.87.